The van der Waals surface area contributed by atoms with Crippen molar-refractivity contribution in [3.63, 3.8) is 0 Å². The average molecular weight is 425 g/mol. The summed E-state index contributed by atoms with van der Waals surface area (Å²) >= 11 is 0. The lowest BCUT2D eigenvalue weighted by Crippen LogP contribution is -2.31. The molecule has 0 saturated carbocycles. The van der Waals surface area contributed by atoms with Crippen molar-refractivity contribution in [2.75, 3.05) is 41.8 Å². The number of para-hydroxylation sites is 1. The molecule has 0 unspecified atom stereocenters. The third-order valence-electron chi connectivity index (χ3n) is 4.88. The van der Waals surface area contributed by atoms with E-state index in [1.165, 1.54) is 19.3 Å². The smallest absolute Gasteiger partial charge is 0.319 e. The van der Waals surface area contributed by atoms with Gasteiger partial charge in [0, 0.05) is 36.7 Å². The molecule has 0 atom stereocenters. The predicted molar refractivity (Wildman–Crippen MR) is 120 cm³/mol. The number of nitrogens with zero attached hydrogens (tertiary/aromatic N) is 1. The van der Waals surface area contributed by atoms with Crippen LogP contribution in [-0.2, 0) is 14.3 Å². The number of hydrogen-bond acceptors (Lipinski definition) is 5. The van der Waals surface area contributed by atoms with Crippen LogP contribution in [0.3, 0.4) is 0 Å². The molecule has 0 bridgehead atoms. The van der Waals surface area contributed by atoms with Gasteiger partial charge in [-0.2, -0.15) is 0 Å². The molecule has 3 rings (SSSR count). The van der Waals surface area contributed by atoms with Crippen molar-refractivity contribution >= 4 is 35.0 Å². The number of nitrogens with one attached hydrogen (secondary N) is 3. The molecule has 1 fully saturated rings. The highest BCUT2D eigenvalue weighted by Crippen LogP contribution is 2.21. The van der Waals surface area contributed by atoms with Crippen molar-refractivity contribution in [2.24, 2.45) is 0 Å². The van der Waals surface area contributed by atoms with E-state index in [0.717, 1.165) is 18.8 Å². The molecule has 164 valence electrons. The molecule has 3 N–H and O–H groups in total. The second kappa shape index (κ2) is 11.6. The monoisotopic (exact) mass is 424 g/mol. The summed E-state index contributed by atoms with van der Waals surface area (Å²) in [6, 6.07) is 16.2. The van der Waals surface area contributed by atoms with E-state index in [1.54, 1.807) is 24.3 Å². The number of amides is 3. The third kappa shape index (κ3) is 7.65. The average Bonchev–Trinajstić information content (AvgIpc) is 2.79. The number of hydrogen-bond donors (Lipinski definition) is 3. The van der Waals surface area contributed by atoms with Crippen LogP contribution < -0.4 is 20.9 Å². The third-order valence-corrected chi connectivity index (χ3v) is 4.88. The highest BCUT2D eigenvalue weighted by molar-refractivity contribution is 5.93. The molecular weight excluding hydrogens is 396 g/mol. The summed E-state index contributed by atoms with van der Waals surface area (Å²) in [4.78, 5) is 37.9. The van der Waals surface area contributed by atoms with E-state index < -0.39 is 17.9 Å². The number of rotatable bonds is 8. The number of carbonyl (C=O) groups excluding carboxylic acids is 3. The fourth-order valence-electron chi connectivity index (χ4n) is 3.30. The SMILES string of the molecule is O=C(COC(=O)CCNC(=O)Nc1ccccc1)Nc1ccc(N2CCCCC2)cc1. The Labute approximate surface area is 182 Å². The predicted octanol–water partition coefficient (Wildman–Crippen LogP) is 3.37. The van der Waals surface area contributed by atoms with Crippen molar-refractivity contribution in [3.8, 4) is 0 Å². The van der Waals surface area contributed by atoms with Crippen LogP contribution in [-0.4, -0.2) is 44.1 Å². The van der Waals surface area contributed by atoms with Gasteiger partial charge in [-0.05, 0) is 55.7 Å². The van der Waals surface area contributed by atoms with Gasteiger partial charge in [-0.25, -0.2) is 4.79 Å². The van der Waals surface area contributed by atoms with E-state index in [-0.39, 0.29) is 19.6 Å². The second-order valence-electron chi connectivity index (χ2n) is 7.30. The van der Waals surface area contributed by atoms with Crippen LogP contribution in [0.2, 0.25) is 0 Å². The highest BCUT2D eigenvalue weighted by atomic mass is 16.5. The summed E-state index contributed by atoms with van der Waals surface area (Å²) in [6.07, 6.45) is 3.66. The maximum Gasteiger partial charge on any atom is 0.319 e. The van der Waals surface area contributed by atoms with Crippen LogP contribution >= 0.6 is 0 Å². The Morgan fingerprint density at radius 2 is 1.52 bits per heavy atom. The van der Waals surface area contributed by atoms with Crippen molar-refractivity contribution in [1.29, 1.82) is 0 Å². The van der Waals surface area contributed by atoms with Crippen LogP contribution in [0.15, 0.2) is 54.6 Å². The molecule has 1 aliphatic rings. The van der Waals surface area contributed by atoms with Crippen molar-refractivity contribution in [3.05, 3.63) is 54.6 Å². The molecule has 2 aromatic carbocycles. The van der Waals surface area contributed by atoms with Gasteiger partial charge in [0.15, 0.2) is 6.61 Å². The molecular formula is C23H28N4O4. The summed E-state index contributed by atoms with van der Waals surface area (Å²) in [7, 11) is 0. The lowest BCUT2D eigenvalue weighted by Gasteiger charge is -2.28. The largest absolute Gasteiger partial charge is 0.456 e. The Kier molecular flexibility index (Phi) is 8.28. The number of piperidine rings is 1. The van der Waals surface area contributed by atoms with Gasteiger partial charge in [0.1, 0.15) is 0 Å². The topological polar surface area (TPSA) is 99.8 Å². The summed E-state index contributed by atoms with van der Waals surface area (Å²) in [6.45, 7) is 1.86. The number of anilines is 3. The van der Waals surface area contributed by atoms with Gasteiger partial charge < -0.3 is 25.6 Å². The van der Waals surface area contributed by atoms with Gasteiger partial charge in [0.25, 0.3) is 5.91 Å². The molecule has 0 radical (unpaired) electrons. The van der Waals surface area contributed by atoms with Crippen LogP contribution in [0.1, 0.15) is 25.7 Å². The van der Waals surface area contributed by atoms with E-state index in [0.29, 0.717) is 11.4 Å². The number of benzene rings is 2. The van der Waals surface area contributed by atoms with Crippen LogP contribution in [0.4, 0.5) is 21.9 Å². The molecule has 1 aliphatic heterocycles. The minimum absolute atomic E-state index is 0.0278. The Bertz CT molecular complexity index is 865. The van der Waals surface area contributed by atoms with Gasteiger partial charge in [0.2, 0.25) is 0 Å². The first-order valence-electron chi connectivity index (χ1n) is 10.5. The minimum Gasteiger partial charge on any atom is -0.456 e. The van der Waals surface area contributed by atoms with Gasteiger partial charge in [-0.1, -0.05) is 18.2 Å². The lowest BCUT2D eigenvalue weighted by molar-refractivity contribution is -0.147. The van der Waals surface area contributed by atoms with E-state index in [9.17, 15) is 14.4 Å². The molecule has 1 saturated heterocycles. The van der Waals surface area contributed by atoms with E-state index in [2.05, 4.69) is 20.9 Å². The maximum atomic E-state index is 12.0. The fourth-order valence-corrected chi connectivity index (χ4v) is 3.30. The summed E-state index contributed by atoms with van der Waals surface area (Å²) < 4.78 is 4.96. The molecule has 3 amide bonds. The number of urea groups is 1. The summed E-state index contributed by atoms with van der Waals surface area (Å²) in [5, 5.41) is 7.93. The Morgan fingerprint density at radius 3 is 2.23 bits per heavy atom. The number of esters is 1. The van der Waals surface area contributed by atoms with Gasteiger partial charge in [0.05, 0.1) is 6.42 Å². The van der Waals surface area contributed by atoms with Gasteiger partial charge >= 0.3 is 12.0 Å². The summed E-state index contributed by atoms with van der Waals surface area (Å²) in [5.74, 6) is -0.968. The molecule has 0 aromatic heterocycles. The van der Waals surface area contributed by atoms with E-state index in [4.69, 9.17) is 4.74 Å². The van der Waals surface area contributed by atoms with Crippen LogP contribution in [0.25, 0.3) is 0 Å². The number of carbonyl (C=O) groups is 3. The zero-order chi connectivity index (χ0) is 21.9. The van der Waals surface area contributed by atoms with Crippen LogP contribution in [0, 0.1) is 0 Å². The first kappa shape index (κ1) is 22.1. The molecule has 8 heteroatoms. The van der Waals surface area contributed by atoms with E-state index >= 15 is 0 Å². The maximum absolute atomic E-state index is 12.0. The van der Waals surface area contributed by atoms with Crippen molar-refractivity contribution in [1.82, 2.24) is 5.32 Å². The minimum atomic E-state index is -0.560. The van der Waals surface area contributed by atoms with Gasteiger partial charge in [-0.3, -0.25) is 9.59 Å². The summed E-state index contributed by atoms with van der Waals surface area (Å²) in [5.41, 5.74) is 2.46. The standard InChI is InChI=1S/C23H28N4O4/c28-21(25-19-9-11-20(12-10-19)27-15-5-2-6-16-27)17-31-22(29)13-14-24-23(30)26-18-7-3-1-4-8-18/h1,3-4,7-12H,2,5-6,13-17H2,(H,25,28)(H2,24,26,30). The quantitative estimate of drug-likeness (QED) is 0.564. The lowest BCUT2D eigenvalue weighted by atomic mass is 10.1. The first-order valence-corrected chi connectivity index (χ1v) is 10.5. The molecule has 8 nitrogen and oxygen atoms in total. The Balaban J connectivity index is 1.31. The molecule has 2 aromatic rings. The molecule has 1 heterocycles. The Hall–Kier alpha value is -3.55. The van der Waals surface area contributed by atoms with Crippen molar-refractivity contribution < 1.29 is 19.1 Å². The second-order valence-corrected chi connectivity index (χ2v) is 7.30. The molecule has 0 aliphatic carbocycles. The van der Waals surface area contributed by atoms with Crippen molar-refractivity contribution in [2.45, 2.75) is 25.7 Å². The first-order chi connectivity index (χ1) is 15.1. The molecule has 0 spiro atoms. The number of ether oxygens (including phenoxy) is 1. The molecule has 31 heavy (non-hydrogen) atoms. The zero-order valence-electron chi connectivity index (χ0n) is 17.4. The van der Waals surface area contributed by atoms with Crippen LogP contribution in [0.5, 0.6) is 0 Å². The normalized spacial score (nSPS) is 13.2. The fraction of sp³-hybridized carbons (Fsp3) is 0.348. The highest BCUT2D eigenvalue weighted by Gasteiger charge is 2.12. The van der Waals surface area contributed by atoms with E-state index in [1.807, 2.05) is 30.3 Å². The zero-order valence-corrected chi connectivity index (χ0v) is 17.4. The Morgan fingerprint density at radius 1 is 0.839 bits per heavy atom. The van der Waals surface area contributed by atoms with Gasteiger partial charge in [-0.15, -0.1) is 0 Å².